The van der Waals surface area contributed by atoms with Gasteiger partial charge in [-0.15, -0.1) is 11.8 Å². The predicted molar refractivity (Wildman–Crippen MR) is 112 cm³/mol. The molecule has 0 fully saturated rings. The zero-order valence-electron chi connectivity index (χ0n) is 16.7. The Kier molecular flexibility index (Phi) is 6.23. The molecule has 4 rings (SSSR count). The number of esters is 1. The van der Waals surface area contributed by atoms with Crippen LogP contribution in [-0.2, 0) is 30.0 Å². The van der Waals surface area contributed by atoms with Crippen molar-refractivity contribution in [3.63, 3.8) is 0 Å². The van der Waals surface area contributed by atoms with Gasteiger partial charge < -0.3 is 19.0 Å². The van der Waals surface area contributed by atoms with Crippen molar-refractivity contribution in [1.29, 1.82) is 0 Å². The molecule has 7 nitrogen and oxygen atoms in total. The van der Waals surface area contributed by atoms with Gasteiger partial charge in [0.05, 0.1) is 36.9 Å². The first-order valence-corrected chi connectivity index (χ1v) is 10.8. The topological polar surface area (TPSA) is 86.4 Å². The van der Waals surface area contributed by atoms with Crippen LogP contribution < -0.4 is 5.32 Å². The molecule has 1 aliphatic heterocycles. The van der Waals surface area contributed by atoms with Crippen molar-refractivity contribution >= 4 is 23.6 Å². The maximum absolute atomic E-state index is 12.8. The maximum atomic E-state index is 12.8. The molecule has 0 unspecified atom stereocenters. The van der Waals surface area contributed by atoms with E-state index in [1.165, 1.54) is 38.0 Å². The van der Waals surface area contributed by atoms with Gasteiger partial charge in [0.2, 0.25) is 0 Å². The smallest absolute Gasteiger partial charge is 0.341 e. The van der Waals surface area contributed by atoms with Crippen LogP contribution in [0.15, 0.2) is 52.1 Å². The molecule has 0 bridgehead atoms. The monoisotopic (exact) mass is 425 g/mol. The minimum absolute atomic E-state index is 0.156. The maximum Gasteiger partial charge on any atom is 0.341 e. The number of ether oxygens (including phenoxy) is 1. The van der Waals surface area contributed by atoms with Crippen LogP contribution >= 0.6 is 11.8 Å². The fourth-order valence-corrected chi connectivity index (χ4v) is 4.49. The van der Waals surface area contributed by atoms with Crippen LogP contribution in [0.3, 0.4) is 0 Å². The number of fused-ring (bicyclic) bond motifs is 1. The third kappa shape index (κ3) is 4.43. The molecule has 1 aliphatic rings. The average Bonchev–Trinajstić information content (AvgIpc) is 3.42. The van der Waals surface area contributed by atoms with E-state index in [0.29, 0.717) is 29.2 Å². The molecule has 0 radical (unpaired) electrons. The van der Waals surface area contributed by atoms with Crippen molar-refractivity contribution in [2.45, 2.75) is 43.0 Å². The Balaban J connectivity index is 1.41. The second-order valence-electron chi connectivity index (χ2n) is 7.02. The molecule has 0 aliphatic carbocycles. The van der Waals surface area contributed by atoms with E-state index >= 15 is 0 Å². The van der Waals surface area contributed by atoms with Crippen LogP contribution in [0, 0.1) is 0 Å². The first kappa shape index (κ1) is 20.3. The van der Waals surface area contributed by atoms with E-state index in [4.69, 9.17) is 9.15 Å². The van der Waals surface area contributed by atoms with Gasteiger partial charge in [-0.1, -0.05) is 12.1 Å². The molecule has 0 atom stereocenters. The first-order chi connectivity index (χ1) is 14.7. The lowest BCUT2D eigenvalue weighted by Gasteiger charge is -2.11. The number of methoxy groups -OCH3 is 1. The highest BCUT2D eigenvalue weighted by molar-refractivity contribution is 7.98. The number of benzene rings is 1. The average molecular weight is 426 g/mol. The number of imidazole rings is 1. The second-order valence-corrected chi connectivity index (χ2v) is 8.03. The largest absolute Gasteiger partial charge is 0.468 e. The highest BCUT2D eigenvalue weighted by Gasteiger charge is 2.18. The highest BCUT2D eigenvalue weighted by atomic mass is 32.2. The summed E-state index contributed by atoms with van der Waals surface area (Å²) in [5.41, 5.74) is 1.86. The van der Waals surface area contributed by atoms with Crippen LogP contribution in [0.5, 0.6) is 0 Å². The van der Waals surface area contributed by atoms with Crippen molar-refractivity contribution < 1.29 is 18.7 Å². The van der Waals surface area contributed by atoms with Gasteiger partial charge in [-0.05, 0) is 31.0 Å². The molecule has 3 aromatic rings. The van der Waals surface area contributed by atoms with E-state index in [1.54, 1.807) is 12.1 Å². The molecule has 156 valence electrons. The Morgan fingerprint density at radius 3 is 2.93 bits per heavy atom. The number of rotatable bonds is 7. The van der Waals surface area contributed by atoms with Crippen LogP contribution in [0.4, 0.5) is 0 Å². The van der Waals surface area contributed by atoms with Gasteiger partial charge in [0, 0.05) is 24.1 Å². The van der Waals surface area contributed by atoms with Gasteiger partial charge in [0.15, 0.2) is 0 Å². The fourth-order valence-electron chi connectivity index (χ4n) is 3.49. The molecule has 2 aromatic heterocycles. The summed E-state index contributed by atoms with van der Waals surface area (Å²) in [7, 11) is 1.34. The standard InChI is InChI=1S/C22H23N3O4S/c1-28-22(27)16-9-11-29-18(16)14-30-19-7-3-2-6-17(19)21(26)23-12-15-13-25-10-5-4-8-20(25)24-15/h2-3,6-7,9,11,13H,4-5,8,10,12,14H2,1H3,(H,23,26). The second kappa shape index (κ2) is 9.21. The molecule has 8 heteroatoms. The molecule has 0 saturated carbocycles. The lowest BCUT2D eigenvalue weighted by molar-refractivity contribution is 0.0598. The molecule has 1 aromatic carbocycles. The van der Waals surface area contributed by atoms with Crippen molar-refractivity contribution in [1.82, 2.24) is 14.9 Å². The van der Waals surface area contributed by atoms with Crippen molar-refractivity contribution in [3.05, 3.63) is 71.2 Å². The Labute approximate surface area is 178 Å². The lowest BCUT2D eigenvalue weighted by Crippen LogP contribution is -2.23. The van der Waals surface area contributed by atoms with Gasteiger partial charge in [0.1, 0.15) is 17.1 Å². The lowest BCUT2D eigenvalue weighted by atomic mass is 10.2. The van der Waals surface area contributed by atoms with Crippen molar-refractivity contribution in [2.75, 3.05) is 7.11 Å². The minimum atomic E-state index is -0.437. The van der Waals surface area contributed by atoms with E-state index in [0.717, 1.165) is 29.4 Å². The Hall–Kier alpha value is -3.00. The number of nitrogens with zero attached hydrogens (tertiary/aromatic N) is 2. The first-order valence-electron chi connectivity index (χ1n) is 9.85. The number of hydrogen-bond donors (Lipinski definition) is 1. The summed E-state index contributed by atoms with van der Waals surface area (Å²) < 4.78 is 12.4. The Bertz CT molecular complexity index is 1030. The van der Waals surface area contributed by atoms with Crippen LogP contribution in [0.25, 0.3) is 0 Å². The van der Waals surface area contributed by atoms with E-state index in [9.17, 15) is 9.59 Å². The molecule has 30 heavy (non-hydrogen) atoms. The summed E-state index contributed by atoms with van der Waals surface area (Å²) >= 11 is 1.44. The van der Waals surface area contributed by atoms with Gasteiger partial charge in [-0.3, -0.25) is 4.79 Å². The third-order valence-corrected chi connectivity index (χ3v) is 6.10. The van der Waals surface area contributed by atoms with Gasteiger partial charge >= 0.3 is 5.97 Å². The molecule has 3 heterocycles. The number of carbonyl (C=O) groups excluding carboxylic acids is 2. The molecule has 1 amide bonds. The van der Waals surface area contributed by atoms with Crippen molar-refractivity contribution in [3.8, 4) is 0 Å². The zero-order valence-corrected chi connectivity index (χ0v) is 17.5. The number of amides is 1. The summed E-state index contributed by atoms with van der Waals surface area (Å²) in [5, 5.41) is 2.97. The summed E-state index contributed by atoms with van der Waals surface area (Å²) in [6, 6.07) is 8.98. The van der Waals surface area contributed by atoms with Crippen LogP contribution in [0.2, 0.25) is 0 Å². The Morgan fingerprint density at radius 1 is 1.23 bits per heavy atom. The van der Waals surface area contributed by atoms with Crippen LogP contribution in [0.1, 0.15) is 50.8 Å². The fraction of sp³-hybridized carbons (Fsp3) is 0.318. The molecule has 1 N–H and O–H groups in total. The summed E-state index contributed by atoms with van der Waals surface area (Å²) in [5.74, 6) is 1.44. The van der Waals surface area contributed by atoms with Crippen LogP contribution in [-0.4, -0.2) is 28.5 Å². The van der Waals surface area contributed by atoms with E-state index in [-0.39, 0.29) is 5.91 Å². The number of furan rings is 1. The van der Waals surface area contributed by atoms with E-state index < -0.39 is 5.97 Å². The molecule has 0 spiro atoms. The van der Waals surface area contributed by atoms with E-state index in [2.05, 4.69) is 14.9 Å². The highest BCUT2D eigenvalue weighted by Crippen LogP contribution is 2.28. The number of nitrogens with one attached hydrogen (secondary N) is 1. The number of aryl methyl sites for hydroxylation is 2. The quantitative estimate of drug-likeness (QED) is 0.457. The summed E-state index contributed by atoms with van der Waals surface area (Å²) in [6.07, 6.45) is 6.83. The SMILES string of the molecule is COC(=O)c1ccoc1CSc1ccccc1C(=O)NCc1cn2c(n1)CCCC2. The van der Waals surface area contributed by atoms with Gasteiger partial charge in [0.25, 0.3) is 5.91 Å². The molecule has 0 saturated heterocycles. The van der Waals surface area contributed by atoms with Gasteiger partial charge in [-0.25, -0.2) is 9.78 Å². The van der Waals surface area contributed by atoms with E-state index in [1.807, 2.05) is 24.4 Å². The van der Waals surface area contributed by atoms with Crippen molar-refractivity contribution in [2.24, 2.45) is 0 Å². The zero-order chi connectivity index (χ0) is 20.9. The van der Waals surface area contributed by atoms with Gasteiger partial charge in [-0.2, -0.15) is 0 Å². The normalized spacial score (nSPS) is 13.0. The minimum Gasteiger partial charge on any atom is -0.468 e. The molecular weight excluding hydrogens is 402 g/mol. The third-order valence-electron chi connectivity index (χ3n) is 5.03. The number of aromatic nitrogens is 2. The number of thioether (sulfide) groups is 1. The number of carbonyl (C=O) groups is 2. The predicted octanol–water partition coefficient (Wildman–Crippen LogP) is 3.82. The Morgan fingerprint density at radius 2 is 2.10 bits per heavy atom. The summed E-state index contributed by atoms with van der Waals surface area (Å²) in [6.45, 7) is 1.39. The summed E-state index contributed by atoms with van der Waals surface area (Å²) in [4.78, 5) is 30.1. The molecular formula is C22H23N3O4S. The number of hydrogen-bond acceptors (Lipinski definition) is 6.